The molecule has 0 aromatic heterocycles. The predicted octanol–water partition coefficient (Wildman–Crippen LogP) is 3.86. The van der Waals surface area contributed by atoms with E-state index in [1.54, 1.807) is 18.7 Å². The molecule has 26 nitrogen and oxygen atoms in total. The summed E-state index contributed by atoms with van der Waals surface area (Å²) in [6, 6.07) is -13.3. The molecule has 564 valence electrons. The van der Waals surface area contributed by atoms with Gasteiger partial charge in [-0.25, -0.2) is 4.39 Å². The molecule has 2 saturated carbocycles. The van der Waals surface area contributed by atoms with Crippen LogP contribution in [-0.2, 0) is 57.5 Å². The van der Waals surface area contributed by atoms with Gasteiger partial charge in [0.2, 0.25) is 70.9 Å². The van der Waals surface area contributed by atoms with Crippen LogP contribution < -0.4 is 21.3 Å². The Morgan fingerprint density at radius 3 is 1.42 bits per heavy atom. The second-order valence-electron chi connectivity index (χ2n) is 31.2. The number of carbonyl (C=O) groups excluding carboxylic acids is 12. The molecule has 2 saturated heterocycles. The van der Waals surface area contributed by atoms with Gasteiger partial charge < -0.3 is 70.7 Å². The third-order valence-electron chi connectivity index (χ3n) is 20.7. The highest BCUT2D eigenvalue weighted by atomic mass is 19.1. The maximum atomic E-state index is 15.4. The van der Waals surface area contributed by atoms with Gasteiger partial charge in [0.25, 0.3) is 0 Å². The number of likely N-dealkylation sites (tertiary alicyclic amines) is 1. The SMILES string of the molecule is CC(C)C[C@H]1C(=O)N[C@H](C(=O)N2CCCCC2)CC(=O)N(C)[C@@H](C)C(=O)N[C@@H](CC2CCC(O)C(F)C2)C(=O)N(C)[C@@H](CC(C)C)C(=O)N(C)[C@@H](CC(C)C)C(=O)N[C@@H](C(C)C)C(=O)N(C)[C@@H](CC2CCCCC2)C(=O)N(C)[C@@H](CC(C)C)C(=O)N[C@@H]([C@@H](C)O)C(=O)N(C)CC(=O)N1C. The molecule has 0 spiro atoms. The van der Waals surface area contributed by atoms with Crippen molar-refractivity contribution in [2.45, 2.75) is 277 Å². The Bertz CT molecular complexity index is 2760. The number of likely N-dealkylation sites (N-methyl/N-ethyl adjacent to an activating group) is 7. The number of piperidine rings is 1. The van der Waals surface area contributed by atoms with E-state index >= 15 is 28.4 Å². The van der Waals surface area contributed by atoms with Crippen molar-refractivity contribution in [3.63, 3.8) is 0 Å². The van der Waals surface area contributed by atoms with E-state index in [1.807, 2.05) is 55.4 Å². The van der Waals surface area contributed by atoms with Gasteiger partial charge in [-0.1, -0.05) is 101 Å². The van der Waals surface area contributed by atoms with E-state index in [-0.39, 0.29) is 81.0 Å². The first-order chi connectivity index (χ1) is 46.2. The van der Waals surface area contributed by atoms with Crippen LogP contribution in [-0.4, -0.2) is 268 Å². The number of nitrogens with one attached hydrogen (secondary N) is 4. The van der Waals surface area contributed by atoms with Crippen LogP contribution in [0, 0.1) is 41.4 Å². The van der Waals surface area contributed by atoms with E-state index < -0.39 is 174 Å². The molecule has 0 radical (unpaired) electrons. The molecule has 4 fully saturated rings. The summed E-state index contributed by atoms with van der Waals surface area (Å²) in [7, 11) is 9.79. The van der Waals surface area contributed by atoms with Crippen molar-refractivity contribution in [3.8, 4) is 0 Å². The van der Waals surface area contributed by atoms with Gasteiger partial charge in [-0.2, -0.15) is 0 Å². The summed E-state index contributed by atoms with van der Waals surface area (Å²) in [6.45, 7) is 21.0. The van der Waals surface area contributed by atoms with Crippen molar-refractivity contribution in [3.05, 3.63) is 0 Å². The van der Waals surface area contributed by atoms with E-state index in [0.717, 1.165) is 53.2 Å². The van der Waals surface area contributed by atoms with Crippen LogP contribution in [0.25, 0.3) is 0 Å². The minimum absolute atomic E-state index is 0.00641. The number of carbonyl (C=O) groups is 12. The smallest absolute Gasteiger partial charge is 0.248 e. The Hall–Kier alpha value is -6.51. The largest absolute Gasteiger partial charge is 0.391 e. The zero-order valence-corrected chi connectivity index (χ0v) is 63.1. The summed E-state index contributed by atoms with van der Waals surface area (Å²) >= 11 is 0. The van der Waals surface area contributed by atoms with Crippen molar-refractivity contribution in [1.82, 2.24) is 60.5 Å². The summed E-state index contributed by atoms with van der Waals surface area (Å²) in [6.07, 6.45) is 2.15. The molecule has 99 heavy (non-hydrogen) atoms. The van der Waals surface area contributed by atoms with E-state index in [0.29, 0.717) is 32.4 Å². The summed E-state index contributed by atoms with van der Waals surface area (Å²) in [4.78, 5) is 189. The fourth-order valence-corrected chi connectivity index (χ4v) is 14.2. The number of aliphatic hydroxyl groups excluding tert-OH is 2. The van der Waals surface area contributed by atoms with Crippen molar-refractivity contribution in [2.24, 2.45) is 41.4 Å². The molecule has 4 aliphatic rings. The standard InChI is InChI=1S/C72H125FN12O14/c1-41(2)32-53-64(91)75-52(68(95)85-30-24-21-25-31-85)39-59(88)79(14)46(11)63(90)74-51(37-49-28-29-58(87)50(73)36-49)67(94)83(18)56(35-44(7)8)69(96)81(16)54(33-42(3)4)65(92)76-61(45(9)10)72(99)84(19)57(38-48-26-22-20-23-27-48)70(97)82(17)55(34-43(5)6)66(93)77-62(47(12)86)71(98)78(13)40-60(89)80(53)15/h41-58,61-62,86-87H,20-40H2,1-19H3,(H,74,90)(H,75,91)(H,76,92)(H,77,93)/t46-,47+,49?,50?,51-,52-,53-,54-,55-,56-,57-,58?,61-,62-/m0/s1. The maximum absolute atomic E-state index is 15.4. The number of rotatable bonds is 15. The molecule has 3 unspecified atom stereocenters. The van der Waals surface area contributed by atoms with Gasteiger partial charge >= 0.3 is 0 Å². The van der Waals surface area contributed by atoms with Gasteiger partial charge in [-0.05, 0) is 132 Å². The number of alkyl halides is 1. The summed E-state index contributed by atoms with van der Waals surface area (Å²) < 4.78 is 15.3. The monoisotopic (exact) mass is 1400 g/mol. The average Bonchev–Trinajstić information content (AvgIpc) is 0.814. The first-order valence-corrected chi connectivity index (χ1v) is 36.5. The van der Waals surface area contributed by atoms with Crippen LogP contribution in [0.4, 0.5) is 4.39 Å². The number of hydrogen-bond donors (Lipinski definition) is 6. The Balaban J connectivity index is 1.95. The molecule has 27 heteroatoms. The summed E-state index contributed by atoms with van der Waals surface area (Å²) in [5.41, 5.74) is 0. The van der Waals surface area contributed by atoms with Gasteiger partial charge in [0.1, 0.15) is 66.6 Å². The number of nitrogens with zero attached hydrogens (tertiary/aromatic N) is 8. The van der Waals surface area contributed by atoms with E-state index in [9.17, 15) is 43.8 Å². The molecule has 2 aliphatic heterocycles. The number of amides is 12. The normalized spacial score (nSPS) is 29.6. The first-order valence-electron chi connectivity index (χ1n) is 36.5. The predicted molar refractivity (Wildman–Crippen MR) is 374 cm³/mol. The lowest BCUT2D eigenvalue weighted by Crippen LogP contribution is -2.62. The van der Waals surface area contributed by atoms with Gasteiger partial charge in [0.05, 0.1) is 25.2 Å². The lowest BCUT2D eigenvalue weighted by molar-refractivity contribution is -0.152. The molecule has 2 aliphatic carbocycles. The zero-order valence-electron chi connectivity index (χ0n) is 63.1. The van der Waals surface area contributed by atoms with E-state index in [1.165, 1.54) is 82.8 Å². The molecule has 0 aromatic rings. The fourth-order valence-electron chi connectivity index (χ4n) is 14.2. The van der Waals surface area contributed by atoms with E-state index in [4.69, 9.17) is 0 Å². The molecule has 0 bridgehead atoms. The summed E-state index contributed by atoms with van der Waals surface area (Å²) in [5.74, 6) is -10.6. The molecule has 12 amide bonds. The van der Waals surface area contributed by atoms with Gasteiger partial charge in [-0.15, -0.1) is 0 Å². The third-order valence-corrected chi connectivity index (χ3v) is 20.7. The van der Waals surface area contributed by atoms with Crippen LogP contribution in [0.2, 0.25) is 0 Å². The second kappa shape index (κ2) is 39.1. The molecular formula is C72H125FN12O14. The van der Waals surface area contributed by atoms with Gasteiger partial charge in [0, 0.05) is 62.4 Å². The van der Waals surface area contributed by atoms with Crippen LogP contribution in [0.3, 0.4) is 0 Å². The molecule has 14 atom stereocenters. The Morgan fingerprint density at radius 2 is 0.929 bits per heavy atom. The lowest BCUT2D eigenvalue weighted by Gasteiger charge is -2.40. The van der Waals surface area contributed by atoms with E-state index in [2.05, 4.69) is 21.3 Å². The number of aliphatic hydroxyl groups is 2. The Labute approximate surface area is 589 Å². The molecular weight excluding hydrogens is 1280 g/mol. The average molecular weight is 1400 g/mol. The molecule has 6 N–H and O–H groups in total. The van der Waals surface area contributed by atoms with Crippen molar-refractivity contribution < 1.29 is 72.1 Å². The van der Waals surface area contributed by atoms with Crippen molar-refractivity contribution in [1.29, 1.82) is 0 Å². The topological polar surface area (TPSA) is 319 Å². The number of halogens is 1. The minimum atomic E-state index is -1.65. The Kier molecular flexibility index (Phi) is 33.5. The van der Waals surface area contributed by atoms with Crippen molar-refractivity contribution >= 4 is 70.9 Å². The van der Waals surface area contributed by atoms with Gasteiger partial charge in [-0.3, -0.25) is 57.5 Å². The highest BCUT2D eigenvalue weighted by Crippen LogP contribution is 2.33. The highest BCUT2D eigenvalue weighted by Gasteiger charge is 2.45. The maximum Gasteiger partial charge on any atom is 0.248 e. The zero-order chi connectivity index (χ0) is 74.8. The fraction of sp³-hybridized carbons (Fsp3) is 0.833. The second-order valence-corrected chi connectivity index (χ2v) is 31.2. The highest BCUT2D eigenvalue weighted by molar-refractivity contribution is 6.00. The Morgan fingerprint density at radius 1 is 0.475 bits per heavy atom. The number of hydrogen-bond acceptors (Lipinski definition) is 14. The molecule has 4 rings (SSSR count). The van der Waals surface area contributed by atoms with Crippen molar-refractivity contribution in [2.75, 3.05) is 69.0 Å². The minimum Gasteiger partial charge on any atom is -0.391 e. The van der Waals surface area contributed by atoms with Crippen LogP contribution in [0.5, 0.6) is 0 Å². The quantitative estimate of drug-likeness (QED) is 0.136. The first kappa shape index (κ1) is 84.9. The van der Waals surface area contributed by atoms with Crippen LogP contribution in [0.15, 0.2) is 0 Å². The summed E-state index contributed by atoms with van der Waals surface area (Å²) in [5, 5.41) is 32.9. The van der Waals surface area contributed by atoms with Gasteiger partial charge in [0.15, 0.2) is 0 Å². The lowest BCUT2D eigenvalue weighted by atomic mass is 9.82. The van der Waals surface area contributed by atoms with Crippen LogP contribution in [0.1, 0.15) is 199 Å². The molecule has 0 aromatic carbocycles. The third kappa shape index (κ3) is 24.1. The van der Waals surface area contributed by atoms with Crippen LogP contribution >= 0.6 is 0 Å². The molecule has 2 heterocycles.